The van der Waals surface area contributed by atoms with Crippen molar-refractivity contribution < 1.29 is 23.7 Å². The summed E-state index contributed by atoms with van der Waals surface area (Å²) in [6.07, 6.45) is 1.06. The molecule has 1 aliphatic rings. The van der Waals surface area contributed by atoms with E-state index in [1.807, 2.05) is 44.4 Å². The molecule has 0 bridgehead atoms. The van der Waals surface area contributed by atoms with Crippen LogP contribution in [0.25, 0.3) is 10.2 Å². The summed E-state index contributed by atoms with van der Waals surface area (Å²) in [7, 11) is 7.28. The second-order valence-electron chi connectivity index (χ2n) is 7.71. The molecular weight excluding hydrogens is 466 g/mol. The van der Waals surface area contributed by atoms with Crippen LogP contribution in [0, 0.1) is 0 Å². The van der Waals surface area contributed by atoms with Gasteiger partial charge in [0, 0.05) is 6.54 Å². The van der Waals surface area contributed by atoms with Crippen LogP contribution in [-0.2, 0) is 11.2 Å². The molecule has 33 heavy (non-hydrogen) atoms. The number of rotatable bonds is 9. The predicted octanol–water partition coefficient (Wildman–Crippen LogP) is 3.99. The molecule has 1 amide bonds. The van der Waals surface area contributed by atoms with Gasteiger partial charge >= 0.3 is 0 Å². The quantitative estimate of drug-likeness (QED) is 0.446. The number of fused-ring (bicyclic) bond motifs is 2. The minimum absolute atomic E-state index is 0. The Bertz CT molecular complexity index is 1080. The maximum atomic E-state index is 13.4. The highest BCUT2D eigenvalue weighted by atomic mass is 35.5. The lowest BCUT2D eigenvalue weighted by Crippen LogP contribution is -2.34. The molecule has 8 nitrogen and oxygen atoms in total. The Morgan fingerprint density at radius 3 is 2.52 bits per heavy atom. The molecule has 2 heterocycles. The van der Waals surface area contributed by atoms with Crippen molar-refractivity contribution in [3.8, 4) is 23.0 Å². The number of carbonyl (C=O) groups is 1. The van der Waals surface area contributed by atoms with Crippen molar-refractivity contribution in [3.63, 3.8) is 0 Å². The standard InChI is InChI=1S/C23H27N3O5S.ClH/c1-25(2)10-5-11-26(20(27)13-15-6-7-16-19(12-15)31-14-30-16)23-24-21-17(28-3)8-9-18(29-4)22(21)32-23;/h6-9,12H,5,10-11,13-14H2,1-4H3;1H. The number of hydrogen-bond donors (Lipinski definition) is 0. The SMILES string of the molecule is COc1ccc(OC)c2sc(N(CCCN(C)C)C(=O)Cc3ccc4c(c3)OCO4)nc12.Cl. The predicted molar refractivity (Wildman–Crippen MR) is 132 cm³/mol. The third kappa shape index (κ3) is 5.43. The van der Waals surface area contributed by atoms with Crippen molar-refractivity contribution >= 4 is 45.0 Å². The average molecular weight is 494 g/mol. The molecule has 0 saturated heterocycles. The number of halogens is 1. The maximum Gasteiger partial charge on any atom is 0.233 e. The zero-order chi connectivity index (χ0) is 22.7. The highest BCUT2D eigenvalue weighted by molar-refractivity contribution is 7.22. The van der Waals surface area contributed by atoms with Crippen LogP contribution in [0.1, 0.15) is 12.0 Å². The number of amides is 1. The van der Waals surface area contributed by atoms with Gasteiger partial charge in [-0.3, -0.25) is 9.69 Å². The Morgan fingerprint density at radius 2 is 1.79 bits per heavy atom. The summed E-state index contributed by atoms with van der Waals surface area (Å²) >= 11 is 1.43. The van der Waals surface area contributed by atoms with Crippen LogP contribution in [0.4, 0.5) is 5.13 Å². The summed E-state index contributed by atoms with van der Waals surface area (Å²) in [5.41, 5.74) is 1.56. The van der Waals surface area contributed by atoms with Gasteiger partial charge < -0.3 is 23.8 Å². The molecule has 2 aromatic carbocycles. The largest absolute Gasteiger partial charge is 0.495 e. The highest BCUT2D eigenvalue weighted by Crippen LogP contribution is 2.40. The number of thiazole rings is 1. The number of ether oxygens (including phenoxy) is 4. The lowest BCUT2D eigenvalue weighted by atomic mass is 10.1. The zero-order valence-electron chi connectivity index (χ0n) is 19.1. The van der Waals surface area contributed by atoms with E-state index in [1.54, 1.807) is 19.1 Å². The van der Waals surface area contributed by atoms with E-state index in [0.29, 0.717) is 40.2 Å². The van der Waals surface area contributed by atoms with Crippen molar-refractivity contribution in [2.24, 2.45) is 0 Å². The molecule has 0 atom stereocenters. The molecule has 0 unspecified atom stereocenters. The average Bonchev–Trinajstić information content (AvgIpc) is 3.42. The van der Waals surface area contributed by atoms with Crippen LogP contribution in [-0.4, -0.2) is 64.0 Å². The number of nitrogens with zero attached hydrogens (tertiary/aromatic N) is 3. The monoisotopic (exact) mass is 493 g/mol. The van der Waals surface area contributed by atoms with E-state index in [2.05, 4.69) is 4.90 Å². The minimum Gasteiger partial charge on any atom is -0.495 e. The van der Waals surface area contributed by atoms with E-state index in [-0.39, 0.29) is 31.5 Å². The number of hydrogen-bond acceptors (Lipinski definition) is 8. The van der Waals surface area contributed by atoms with Crippen molar-refractivity contribution in [2.75, 3.05) is 53.1 Å². The van der Waals surface area contributed by atoms with E-state index in [9.17, 15) is 4.79 Å². The first-order valence-corrected chi connectivity index (χ1v) is 11.2. The van der Waals surface area contributed by atoms with Gasteiger partial charge in [-0.2, -0.15) is 0 Å². The third-order valence-corrected chi connectivity index (χ3v) is 6.30. The zero-order valence-corrected chi connectivity index (χ0v) is 20.8. The summed E-state index contributed by atoms with van der Waals surface area (Å²) in [4.78, 5) is 22.1. The summed E-state index contributed by atoms with van der Waals surface area (Å²) in [6.45, 7) is 1.64. The van der Waals surface area contributed by atoms with Gasteiger partial charge in [-0.1, -0.05) is 17.4 Å². The Hall–Kier alpha value is -2.75. The molecule has 0 aliphatic carbocycles. The van der Waals surface area contributed by atoms with Gasteiger partial charge in [0.1, 0.15) is 21.7 Å². The lowest BCUT2D eigenvalue weighted by molar-refractivity contribution is -0.118. The van der Waals surface area contributed by atoms with E-state index in [4.69, 9.17) is 23.9 Å². The number of anilines is 1. The van der Waals surface area contributed by atoms with Gasteiger partial charge in [-0.05, 0) is 56.9 Å². The Balaban J connectivity index is 0.00000306. The molecule has 178 valence electrons. The molecule has 4 rings (SSSR count). The smallest absolute Gasteiger partial charge is 0.233 e. The number of benzene rings is 2. The Morgan fingerprint density at radius 1 is 1.06 bits per heavy atom. The first kappa shape index (κ1) is 24.9. The van der Waals surface area contributed by atoms with Crippen molar-refractivity contribution in [2.45, 2.75) is 12.8 Å². The molecule has 1 aromatic heterocycles. The number of methoxy groups -OCH3 is 2. The van der Waals surface area contributed by atoms with Crippen LogP contribution in [0.5, 0.6) is 23.0 Å². The summed E-state index contributed by atoms with van der Waals surface area (Å²) in [6, 6.07) is 9.29. The molecule has 0 saturated carbocycles. The van der Waals surface area contributed by atoms with E-state index < -0.39 is 0 Å². The van der Waals surface area contributed by atoms with Crippen molar-refractivity contribution in [3.05, 3.63) is 35.9 Å². The summed E-state index contributed by atoms with van der Waals surface area (Å²) in [5.74, 6) is 2.71. The Labute approximate surface area is 203 Å². The third-order valence-electron chi connectivity index (χ3n) is 5.21. The van der Waals surface area contributed by atoms with E-state index in [1.165, 1.54) is 11.3 Å². The minimum atomic E-state index is -0.0281. The summed E-state index contributed by atoms with van der Waals surface area (Å²) in [5, 5.41) is 0.632. The Kier molecular flexibility index (Phi) is 8.23. The second kappa shape index (κ2) is 10.9. The topological polar surface area (TPSA) is 73.4 Å². The van der Waals surface area contributed by atoms with E-state index in [0.717, 1.165) is 23.2 Å². The van der Waals surface area contributed by atoms with Gasteiger partial charge in [0.2, 0.25) is 12.7 Å². The van der Waals surface area contributed by atoms with Crippen molar-refractivity contribution in [1.82, 2.24) is 9.88 Å². The fourth-order valence-electron chi connectivity index (χ4n) is 3.58. The van der Waals surface area contributed by atoms with Crippen molar-refractivity contribution in [1.29, 1.82) is 0 Å². The highest BCUT2D eigenvalue weighted by Gasteiger charge is 2.23. The first-order chi connectivity index (χ1) is 15.5. The molecular formula is C23H28ClN3O5S. The van der Waals surface area contributed by atoms with Crippen LogP contribution in [0.15, 0.2) is 30.3 Å². The van der Waals surface area contributed by atoms with Gasteiger partial charge in [0.15, 0.2) is 16.6 Å². The molecule has 0 fully saturated rings. The van der Waals surface area contributed by atoms with Crippen LogP contribution < -0.4 is 23.8 Å². The lowest BCUT2D eigenvalue weighted by Gasteiger charge is -2.21. The van der Waals surface area contributed by atoms with Crippen LogP contribution in [0.3, 0.4) is 0 Å². The first-order valence-electron chi connectivity index (χ1n) is 10.3. The molecule has 3 aromatic rings. The summed E-state index contributed by atoms with van der Waals surface area (Å²) < 4.78 is 22.7. The fraction of sp³-hybridized carbons (Fsp3) is 0.391. The van der Waals surface area contributed by atoms with Gasteiger partial charge in [0.05, 0.1) is 20.6 Å². The number of carbonyl (C=O) groups excluding carboxylic acids is 1. The van der Waals surface area contributed by atoms with Crippen LogP contribution >= 0.6 is 23.7 Å². The maximum absolute atomic E-state index is 13.4. The molecule has 1 aliphatic heterocycles. The fourth-order valence-corrected chi connectivity index (χ4v) is 4.70. The molecule has 0 N–H and O–H groups in total. The second-order valence-corrected chi connectivity index (χ2v) is 8.69. The normalized spacial score (nSPS) is 12.0. The van der Waals surface area contributed by atoms with E-state index >= 15 is 0 Å². The van der Waals surface area contributed by atoms with Gasteiger partial charge in [0.25, 0.3) is 0 Å². The molecule has 0 radical (unpaired) electrons. The van der Waals surface area contributed by atoms with Gasteiger partial charge in [-0.25, -0.2) is 4.98 Å². The molecule has 10 heteroatoms. The number of aromatic nitrogens is 1. The van der Waals surface area contributed by atoms with Gasteiger partial charge in [-0.15, -0.1) is 12.4 Å². The van der Waals surface area contributed by atoms with Crippen LogP contribution in [0.2, 0.25) is 0 Å². The molecule has 0 spiro atoms.